The highest BCUT2D eigenvalue weighted by atomic mass is 16.5. The summed E-state index contributed by atoms with van der Waals surface area (Å²) in [5.74, 6) is 5.71. The summed E-state index contributed by atoms with van der Waals surface area (Å²) < 4.78 is 5.65. The Labute approximate surface area is 192 Å². The van der Waals surface area contributed by atoms with Crippen molar-refractivity contribution >= 4 is 5.97 Å². The molecule has 4 saturated carbocycles. The molecule has 0 spiro atoms. The molecule has 0 radical (unpaired) electrons. The van der Waals surface area contributed by atoms with Crippen LogP contribution in [0.1, 0.15) is 106 Å². The average Bonchev–Trinajstić information content (AvgIpc) is 3.09. The van der Waals surface area contributed by atoms with Crippen molar-refractivity contribution in [1.82, 2.24) is 0 Å². The van der Waals surface area contributed by atoms with Gasteiger partial charge in [-0.1, -0.05) is 53.2 Å². The fraction of sp³-hybridized carbons (Fsp3) is 0.897. The lowest BCUT2D eigenvalue weighted by Crippen LogP contribution is -2.54. The summed E-state index contributed by atoms with van der Waals surface area (Å²) in [6.07, 6.45) is 18.5. The highest BCUT2D eigenvalue weighted by Crippen LogP contribution is 2.68. The first-order valence-electron chi connectivity index (χ1n) is 13.5. The first kappa shape index (κ1) is 23.4. The second kappa shape index (κ2) is 8.86. The maximum Gasteiger partial charge on any atom is 0.302 e. The third-order valence-electron chi connectivity index (χ3n) is 11.0. The molecule has 0 saturated heterocycles. The van der Waals surface area contributed by atoms with E-state index in [4.69, 9.17) is 4.74 Å². The molecule has 0 aliphatic heterocycles. The minimum Gasteiger partial charge on any atom is -0.463 e. The maximum atomic E-state index is 11.5. The third kappa shape index (κ3) is 4.15. The minimum atomic E-state index is -0.0933. The van der Waals surface area contributed by atoms with Crippen molar-refractivity contribution in [3.05, 3.63) is 12.2 Å². The van der Waals surface area contributed by atoms with Crippen molar-refractivity contribution < 1.29 is 9.53 Å². The molecule has 2 nitrogen and oxygen atoms in total. The van der Waals surface area contributed by atoms with Crippen molar-refractivity contribution in [3.63, 3.8) is 0 Å². The molecule has 0 unspecified atom stereocenters. The molecule has 4 aliphatic carbocycles. The average molecular weight is 429 g/mol. The van der Waals surface area contributed by atoms with Crippen molar-refractivity contribution in [2.24, 2.45) is 52.3 Å². The van der Waals surface area contributed by atoms with E-state index in [1.807, 2.05) is 0 Å². The van der Waals surface area contributed by atoms with Gasteiger partial charge in [0.2, 0.25) is 0 Å². The summed E-state index contributed by atoms with van der Waals surface area (Å²) >= 11 is 0. The molecule has 31 heavy (non-hydrogen) atoms. The molecule has 4 fully saturated rings. The van der Waals surface area contributed by atoms with Crippen LogP contribution in [0.2, 0.25) is 0 Å². The molecule has 0 aromatic rings. The van der Waals surface area contributed by atoms with Crippen LogP contribution in [0, 0.1) is 52.3 Å². The Hall–Kier alpha value is -0.790. The lowest BCUT2D eigenvalue weighted by molar-refractivity contribution is -0.160. The van der Waals surface area contributed by atoms with E-state index in [0.29, 0.717) is 22.7 Å². The quantitative estimate of drug-likeness (QED) is 0.329. The van der Waals surface area contributed by atoms with Gasteiger partial charge in [-0.25, -0.2) is 0 Å². The third-order valence-corrected chi connectivity index (χ3v) is 11.0. The Morgan fingerprint density at radius 3 is 2.39 bits per heavy atom. The molecule has 176 valence electrons. The van der Waals surface area contributed by atoms with Crippen LogP contribution in [0.25, 0.3) is 0 Å². The van der Waals surface area contributed by atoms with Crippen LogP contribution in [0.3, 0.4) is 0 Å². The van der Waals surface area contributed by atoms with Gasteiger partial charge in [-0.2, -0.15) is 0 Å². The Morgan fingerprint density at radius 1 is 0.968 bits per heavy atom. The van der Waals surface area contributed by atoms with E-state index in [1.54, 1.807) is 6.92 Å². The van der Waals surface area contributed by atoms with E-state index in [1.165, 1.54) is 51.4 Å². The van der Waals surface area contributed by atoms with Gasteiger partial charge in [0.25, 0.3) is 0 Å². The highest BCUT2D eigenvalue weighted by Gasteiger charge is 2.60. The molecule has 0 aromatic carbocycles. The summed E-state index contributed by atoms with van der Waals surface area (Å²) in [4.78, 5) is 11.5. The van der Waals surface area contributed by atoms with E-state index in [2.05, 4.69) is 46.8 Å². The van der Waals surface area contributed by atoms with Gasteiger partial charge in [-0.05, 0) is 110 Å². The largest absolute Gasteiger partial charge is 0.463 e. The fourth-order valence-corrected chi connectivity index (χ4v) is 9.10. The van der Waals surface area contributed by atoms with Gasteiger partial charge in [0, 0.05) is 6.92 Å². The van der Waals surface area contributed by atoms with E-state index in [0.717, 1.165) is 42.4 Å². The minimum absolute atomic E-state index is 0.0933. The number of carbonyl (C=O) groups is 1. The molecule has 0 bridgehead atoms. The number of rotatable bonds is 5. The first-order chi connectivity index (χ1) is 14.7. The van der Waals surface area contributed by atoms with Crippen molar-refractivity contribution in [2.75, 3.05) is 0 Å². The summed E-state index contributed by atoms with van der Waals surface area (Å²) in [6.45, 7) is 14.0. The number of esters is 1. The van der Waals surface area contributed by atoms with Gasteiger partial charge in [0.05, 0.1) is 0 Å². The monoisotopic (exact) mass is 428 g/mol. The van der Waals surface area contributed by atoms with E-state index in [9.17, 15) is 4.79 Å². The molecule has 2 heteroatoms. The van der Waals surface area contributed by atoms with Crippen LogP contribution in [0.4, 0.5) is 0 Å². The zero-order chi connectivity index (χ0) is 22.4. The normalized spacial score (nSPS) is 46.6. The van der Waals surface area contributed by atoms with Crippen molar-refractivity contribution in [2.45, 2.75) is 112 Å². The Morgan fingerprint density at radius 2 is 1.68 bits per heavy atom. The van der Waals surface area contributed by atoms with E-state index in [-0.39, 0.29) is 12.1 Å². The molecule has 4 aliphatic rings. The number of hydrogen-bond acceptors (Lipinski definition) is 2. The van der Waals surface area contributed by atoms with Gasteiger partial charge in [0.15, 0.2) is 0 Å². The van der Waals surface area contributed by atoms with Crippen LogP contribution in [-0.4, -0.2) is 12.1 Å². The zero-order valence-corrected chi connectivity index (χ0v) is 21.2. The SMILES string of the molecule is CC[C@H](C)/C=C/[C@H](C)[C@H]1CC[C@@H]2[C@H]3CC[C@H]4C[C@@H](OC(C)=O)CC[C@]4(C)[C@H]3CC[C@]21C. The Balaban J connectivity index is 1.47. The Kier molecular flexibility index (Phi) is 6.68. The molecule has 0 amide bonds. The van der Waals surface area contributed by atoms with Gasteiger partial charge < -0.3 is 4.74 Å². The molecule has 10 atom stereocenters. The molecule has 0 N–H and O–H groups in total. The predicted molar refractivity (Wildman–Crippen MR) is 129 cm³/mol. The van der Waals surface area contributed by atoms with Crippen LogP contribution in [0.15, 0.2) is 12.2 Å². The molecular weight excluding hydrogens is 380 g/mol. The van der Waals surface area contributed by atoms with Crippen LogP contribution < -0.4 is 0 Å². The van der Waals surface area contributed by atoms with Crippen LogP contribution in [0.5, 0.6) is 0 Å². The number of fused-ring (bicyclic) bond motifs is 5. The maximum absolute atomic E-state index is 11.5. The van der Waals surface area contributed by atoms with Gasteiger partial charge in [-0.15, -0.1) is 0 Å². The summed E-state index contributed by atoms with van der Waals surface area (Å²) in [5.41, 5.74) is 1.01. The number of hydrogen-bond donors (Lipinski definition) is 0. The van der Waals surface area contributed by atoms with Crippen molar-refractivity contribution in [1.29, 1.82) is 0 Å². The summed E-state index contributed by atoms with van der Waals surface area (Å²) in [7, 11) is 0. The van der Waals surface area contributed by atoms with Crippen LogP contribution >= 0.6 is 0 Å². The predicted octanol–water partition coefficient (Wildman–Crippen LogP) is 7.82. The second-order valence-electron chi connectivity index (χ2n) is 12.5. The second-order valence-corrected chi connectivity index (χ2v) is 12.5. The highest BCUT2D eigenvalue weighted by molar-refractivity contribution is 5.66. The zero-order valence-electron chi connectivity index (χ0n) is 21.2. The van der Waals surface area contributed by atoms with Gasteiger partial charge in [0.1, 0.15) is 6.10 Å². The number of carbonyl (C=O) groups excluding carboxylic acids is 1. The molecule has 0 aromatic heterocycles. The smallest absolute Gasteiger partial charge is 0.302 e. The molecular formula is C29H48O2. The summed E-state index contributed by atoms with van der Waals surface area (Å²) in [5, 5.41) is 0. The fourth-order valence-electron chi connectivity index (χ4n) is 9.10. The topological polar surface area (TPSA) is 26.3 Å². The lowest BCUT2D eigenvalue weighted by Gasteiger charge is -2.61. The van der Waals surface area contributed by atoms with Gasteiger partial charge >= 0.3 is 5.97 Å². The number of ether oxygens (including phenoxy) is 1. The molecule has 0 heterocycles. The first-order valence-corrected chi connectivity index (χ1v) is 13.5. The Bertz CT molecular complexity index is 682. The van der Waals surface area contributed by atoms with E-state index < -0.39 is 0 Å². The van der Waals surface area contributed by atoms with Gasteiger partial charge in [-0.3, -0.25) is 4.79 Å². The standard InChI is InChI=1S/C29H48O2/c1-7-19(2)8-9-20(3)25-12-13-26-24-11-10-22-18-23(31-21(4)30)14-16-28(22,5)27(24)15-17-29(25,26)6/h8-9,19-20,22-27H,7,10-18H2,1-6H3/b9-8+/t19-,20-,22-,23-,24+,25+,26+,27-,28-,29-/m0/s1. The van der Waals surface area contributed by atoms with Crippen molar-refractivity contribution in [3.8, 4) is 0 Å². The number of allylic oxidation sites excluding steroid dienone is 2. The summed E-state index contributed by atoms with van der Waals surface area (Å²) in [6, 6.07) is 0. The lowest BCUT2D eigenvalue weighted by atomic mass is 9.44. The van der Waals surface area contributed by atoms with Crippen LogP contribution in [-0.2, 0) is 9.53 Å². The van der Waals surface area contributed by atoms with E-state index >= 15 is 0 Å². The molecule has 4 rings (SSSR count).